The second-order valence-corrected chi connectivity index (χ2v) is 5.84. The molecule has 134 valence electrons. The first-order valence-corrected chi connectivity index (χ1v) is 8.41. The summed E-state index contributed by atoms with van der Waals surface area (Å²) in [7, 11) is 1.60. The summed E-state index contributed by atoms with van der Waals surface area (Å²) in [6, 6.07) is 14.8. The SMILES string of the molecule is COc1ccccc1OCCCC(=O)Nc1ccc(OC(C)C)cc1. The number of amides is 1. The van der Waals surface area contributed by atoms with Gasteiger partial charge in [0.2, 0.25) is 5.91 Å². The quantitative estimate of drug-likeness (QED) is 0.691. The highest BCUT2D eigenvalue weighted by Crippen LogP contribution is 2.25. The number of hydrogen-bond donors (Lipinski definition) is 1. The van der Waals surface area contributed by atoms with Crippen LogP contribution in [-0.4, -0.2) is 25.7 Å². The third-order valence-corrected chi connectivity index (χ3v) is 3.38. The first-order chi connectivity index (χ1) is 12.1. The van der Waals surface area contributed by atoms with Gasteiger partial charge in [-0.1, -0.05) is 12.1 Å². The van der Waals surface area contributed by atoms with Crippen molar-refractivity contribution < 1.29 is 19.0 Å². The first kappa shape index (κ1) is 18.6. The van der Waals surface area contributed by atoms with Crippen molar-refractivity contribution in [3.05, 3.63) is 48.5 Å². The molecule has 0 heterocycles. The van der Waals surface area contributed by atoms with Crippen molar-refractivity contribution in [3.63, 3.8) is 0 Å². The van der Waals surface area contributed by atoms with Gasteiger partial charge in [-0.2, -0.15) is 0 Å². The second-order valence-electron chi connectivity index (χ2n) is 5.84. The van der Waals surface area contributed by atoms with Crippen LogP contribution in [0.1, 0.15) is 26.7 Å². The van der Waals surface area contributed by atoms with Gasteiger partial charge >= 0.3 is 0 Å². The average Bonchev–Trinajstić information content (AvgIpc) is 2.60. The summed E-state index contributed by atoms with van der Waals surface area (Å²) in [6.45, 7) is 4.40. The molecule has 0 spiro atoms. The van der Waals surface area contributed by atoms with E-state index in [2.05, 4.69) is 5.32 Å². The minimum absolute atomic E-state index is 0.0406. The molecule has 25 heavy (non-hydrogen) atoms. The van der Waals surface area contributed by atoms with Gasteiger partial charge in [0, 0.05) is 12.1 Å². The zero-order valence-electron chi connectivity index (χ0n) is 15.0. The van der Waals surface area contributed by atoms with Gasteiger partial charge in [0.15, 0.2) is 11.5 Å². The summed E-state index contributed by atoms with van der Waals surface area (Å²) in [6.07, 6.45) is 1.14. The molecule has 0 aliphatic carbocycles. The number of anilines is 1. The van der Waals surface area contributed by atoms with Crippen LogP contribution in [0.4, 0.5) is 5.69 Å². The van der Waals surface area contributed by atoms with E-state index in [0.29, 0.717) is 30.9 Å². The van der Waals surface area contributed by atoms with E-state index in [4.69, 9.17) is 14.2 Å². The van der Waals surface area contributed by atoms with Crippen molar-refractivity contribution in [1.82, 2.24) is 0 Å². The molecular formula is C20H25NO4. The Labute approximate surface area is 148 Å². The maximum atomic E-state index is 12.0. The van der Waals surface area contributed by atoms with E-state index in [1.807, 2.05) is 62.4 Å². The molecule has 0 bridgehead atoms. The van der Waals surface area contributed by atoms with E-state index in [-0.39, 0.29) is 12.0 Å². The fourth-order valence-electron chi connectivity index (χ4n) is 2.27. The smallest absolute Gasteiger partial charge is 0.224 e. The van der Waals surface area contributed by atoms with Gasteiger partial charge in [0.1, 0.15) is 5.75 Å². The molecule has 0 saturated heterocycles. The maximum absolute atomic E-state index is 12.0. The Balaban J connectivity index is 1.72. The molecule has 0 aromatic heterocycles. The van der Waals surface area contributed by atoms with Crippen LogP contribution in [0.15, 0.2) is 48.5 Å². The van der Waals surface area contributed by atoms with E-state index in [0.717, 1.165) is 11.4 Å². The highest BCUT2D eigenvalue weighted by molar-refractivity contribution is 5.90. The molecular weight excluding hydrogens is 318 g/mol. The Hall–Kier alpha value is -2.69. The van der Waals surface area contributed by atoms with Gasteiger partial charge in [-0.05, 0) is 56.7 Å². The van der Waals surface area contributed by atoms with Crippen LogP contribution in [-0.2, 0) is 4.79 Å². The summed E-state index contributed by atoms with van der Waals surface area (Å²) in [5, 5.41) is 2.87. The molecule has 1 N–H and O–H groups in total. The molecule has 0 aliphatic heterocycles. The maximum Gasteiger partial charge on any atom is 0.224 e. The van der Waals surface area contributed by atoms with E-state index in [9.17, 15) is 4.79 Å². The van der Waals surface area contributed by atoms with Crippen LogP contribution in [0.25, 0.3) is 0 Å². The van der Waals surface area contributed by atoms with Crippen molar-refractivity contribution in [2.75, 3.05) is 19.0 Å². The van der Waals surface area contributed by atoms with Crippen LogP contribution in [0.2, 0.25) is 0 Å². The fourth-order valence-corrected chi connectivity index (χ4v) is 2.27. The summed E-state index contributed by atoms with van der Waals surface area (Å²) in [5.74, 6) is 2.13. The lowest BCUT2D eigenvalue weighted by atomic mass is 10.2. The number of hydrogen-bond acceptors (Lipinski definition) is 4. The summed E-state index contributed by atoms with van der Waals surface area (Å²) >= 11 is 0. The number of nitrogens with one attached hydrogen (secondary N) is 1. The number of carbonyl (C=O) groups is 1. The van der Waals surface area contributed by atoms with Crippen LogP contribution < -0.4 is 19.5 Å². The molecule has 0 atom stereocenters. The van der Waals surface area contributed by atoms with Crippen LogP contribution in [0.3, 0.4) is 0 Å². The van der Waals surface area contributed by atoms with Crippen molar-refractivity contribution in [2.45, 2.75) is 32.8 Å². The third kappa shape index (κ3) is 6.37. The molecule has 0 unspecified atom stereocenters. The predicted octanol–water partition coefficient (Wildman–Crippen LogP) is 4.28. The number of ether oxygens (including phenoxy) is 3. The molecule has 2 rings (SSSR count). The molecule has 0 saturated carbocycles. The lowest BCUT2D eigenvalue weighted by Crippen LogP contribution is -2.13. The number of rotatable bonds is 9. The normalized spacial score (nSPS) is 10.4. The van der Waals surface area contributed by atoms with Crippen molar-refractivity contribution >= 4 is 11.6 Å². The lowest BCUT2D eigenvalue weighted by Gasteiger charge is -2.11. The van der Waals surface area contributed by atoms with Gasteiger partial charge in [-0.25, -0.2) is 0 Å². The van der Waals surface area contributed by atoms with Gasteiger partial charge in [-0.3, -0.25) is 4.79 Å². The summed E-state index contributed by atoms with van der Waals surface area (Å²) < 4.78 is 16.5. The van der Waals surface area contributed by atoms with Crippen LogP contribution in [0.5, 0.6) is 17.2 Å². The van der Waals surface area contributed by atoms with E-state index in [1.54, 1.807) is 7.11 Å². The number of carbonyl (C=O) groups excluding carboxylic acids is 1. The van der Waals surface area contributed by atoms with Crippen LogP contribution >= 0.6 is 0 Å². The van der Waals surface area contributed by atoms with E-state index >= 15 is 0 Å². The number of benzene rings is 2. The van der Waals surface area contributed by atoms with E-state index < -0.39 is 0 Å². The topological polar surface area (TPSA) is 56.8 Å². The number of para-hydroxylation sites is 2. The molecule has 1 amide bonds. The third-order valence-electron chi connectivity index (χ3n) is 3.38. The monoisotopic (exact) mass is 343 g/mol. The summed E-state index contributed by atoms with van der Waals surface area (Å²) in [4.78, 5) is 12.0. The van der Waals surface area contributed by atoms with Gasteiger partial charge in [0.05, 0.1) is 19.8 Å². The summed E-state index contributed by atoms with van der Waals surface area (Å²) in [5.41, 5.74) is 0.756. The Bertz CT molecular complexity index is 668. The van der Waals surface area contributed by atoms with Gasteiger partial charge in [-0.15, -0.1) is 0 Å². The zero-order valence-corrected chi connectivity index (χ0v) is 15.0. The minimum Gasteiger partial charge on any atom is -0.493 e. The Morgan fingerprint density at radius 3 is 2.36 bits per heavy atom. The fraction of sp³-hybridized carbons (Fsp3) is 0.350. The van der Waals surface area contributed by atoms with E-state index in [1.165, 1.54) is 0 Å². The number of methoxy groups -OCH3 is 1. The van der Waals surface area contributed by atoms with Crippen LogP contribution in [0, 0.1) is 0 Å². The molecule has 5 heteroatoms. The average molecular weight is 343 g/mol. The van der Waals surface area contributed by atoms with Gasteiger partial charge < -0.3 is 19.5 Å². The Kier molecular flexibility index (Phi) is 7.14. The molecule has 0 aliphatic rings. The molecule has 0 fully saturated rings. The Morgan fingerprint density at radius 2 is 1.72 bits per heavy atom. The Morgan fingerprint density at radius 1 is 1.04 bits per heavy atom. The lowest BCUT2D eigenvalue weighted by molar-refractivity contribution is -0.116. The first-order valence-electron chi connectivity index (χ1n) is 8.41. The molecule has 2 aromatic rings. The van der Waals surface area contributed by atoms with Crippen molar-refractivity contribution in [3.8, 4) is 17.2 Å². The highest BCUT2D eigenvalue weighted by atomic mass is 16.5. The highest BCUT2D eigenvalue weighted by Gasteiger charge is 2.05. The van der Waals surface area contributed by atoms with Crippen molar-refractivity contribution in [1.29, 1.82) is 0 Å². The largest absolute Gasteiger partial charge is 0.493 e. The standard InChI is InChI=1S/C20H25NO4/c1-15(2)25-17-12-10-16(11-13-17)21-20(22)9-6-14-24-19-8-5-4-7-18(19)23-3/h4-5,7-8,10-13,15H,6,9,14H2,1-3H3,(H,21,22). The predicted molar refractivity (Wildman–Crippen MR) is 98.6 cm³/mol. The molecule has 5 nitrogen and oxygen atoms in total. The molecule has 0 radical (unpaired) electrons. The molecule has 2 aromatic carbocycles. The van der Waals surface area contributed by atoms with Crippen molar-refractivity contribution in [2.24, 2.45) is 0 Å². The zero-order chi connectivity index (χ0) is 18.1. The van der Waals surface area contributed by atoms with Gasteiger partial charge in [0.25, 0.3) is 0 Å². The second kappa shape index (κ2) is 9.57. The minimum atomic E-state index is -0.0406.